The van der Waals surface area contributed by atoms with Crippen LogP contribution in [0.25, 0.3) is 22.4 Å². The fraction of sp³-hybridized carbons (Fsp3) is 0.107. The molecule has 0 saturated heterocycles. The third-order valence-corrected chi connectivity index (χ3v) is 7.08. The number of pyridine rings is 1. The van der Waals surface area contributed by atoms with Crippen LogP contribution >= 0.6 is 23.4 Å². The third-order valence-electron chi connectivity index (χ3n) is 5.67. The van der Waals surface area contributed by atoms with E-state index >= 15 is 0 Å². The van der Waals surface area contributed by atoms with Crippen LogP contribution in [-0.2, 0) is 4.79 Å². The number of rotatable bonds is 7. The summed E-state index contributed by atoms with van der Waals surface area (Å²) in [6.07, 6.45) is 0. The molecule has 37 heavy (non-hydrogen) atoms. The number of non-ortho nitro benzene ring substituents is 1. The lowest BCUT2D eigenvalue weighted by Crippen LogP contribution is -2.23. The van der Waals surface area contributed by atoms with Gasteiger partial charge in [-0.1, -0.05) is 71.9 Å². The zero-order valence-electron chi connectivity index (χ0n) is 19.9. The SMILES string of the molecule is Cc1cc([N+](=O)[O-])ccc1NC(=O)C(C)Sc1nc(-c2ccccc2)cc(-c2ccccc2Cl)c1C#N. The second kappa shape index (κ2) is 11.2. The molecule has 0 fully saturated rings. The van der Waals surface area contributed by atoms with E-state index in [4.69, 9.17) is 16.6 Å². The minimum Gasteiger partial charge on any atom is -0.325 e. The zero-order chi connectivity index (χ0) is 26.5. The van der Waals surface area contributed by atoms with Gasteiger partial charge in [0.05, 0.1) is 21.4 Å². The molecule has 3 aromatic carbocycles. The van der Waals surface area contributed by atoms with E-state index in [0.717, 1.165) is 17.3 Å². The smallest absolute Gasteiger partial charge is 0.269 e. The first-order valence-corrected chi connectivity index (χ1v) is 12.5. The van der Waals surface area contributed by atoms with Crippen molar-refractivity contribution in [3.05, 3.63) is 105 Å². The number of nitrogens with one attached hydrogen (secondary N) is 1. The van der Waals surface area contributed by atoms with Crippen molar-refractivity contribution in [2.75, 3.05) is 5.32 Å². The van der Waals surface area contributed by atoms with Gasteiger partial charge in [-0.3, -0.25) is 14.9 Å². The number of benzene rings is 3. The predicted octanol–water partition coefficient (Wildman–Crippen LogP) is 7.28. The number of nitriles is 1. The van der Waals surface area contributed by atoms with Gasteiger partial charge in [-0.15, -0.1) is 0 Å². The third kappa shape index (κ3) is 5.80. The number of anilines is 1. The van der Waals surface area contributed by atoms with Crippen LogP contribution in [-0.4, -0.2) is 21.1 Å². The number of nitro groups is 1. The van der Waals surface area contributed by atoms with Crippen LogP contribution < -0.4 is 5.32 Å². The van der Waals surface area contributed by atoms with E-state index in [1.165, 1.54) is 18.2 Å². The quantitative estimate of drug-likeness (QED) is 0.153. The van der Waals surface area contributed by atoms with Gasteiger partial charge in [0.1, 0.15) is 11.1 Å². The molecule has 0 aliphatic heterocycles. The van der Waals surface area contributed by atoms with Crippen LogP contribution in [0.1, 0.15) is 18.1 Å². The summed E-state index contributed by atoms with van der Waals surface area (Å²) < 4.78 is 0. The number of nitro benzene ring substituents is 1. The first-order chi connectivity index (χ1) is 17.8. The zero-order valence-corrected chi connectivity index (χ0v) is 21.5. The highest BCUT2D eigenvalue weighted by atomic mass is 35.5. The maximum atomic E-state index is 13.1. The molecule has 1 N–H and O–H groups in total. The summed E-state index contributed by atoms with van der Waals surface area (Å²) in [5, 5.41) is 24.2. The Morgan fingerprint density at radius 3 is 2.43 bits per heavy atom. The van der Waals surface area contributed by atoms with Crippen LogP contribution in [0, 0.1) is 28.4 Å². The maximum absolute atomic E-state index is 13.1. The molecule has 4 rings (SSSR count). The highest BCUT2D eigenvalue weighted by Crippen LogP contribution is 2.38. The minimum atomic E-state index is -0.626. The summed E-state index contributed by atoms with van der Waals surface area (Å²) in [5.74, 6) is -0.322. The van der Waals surface area contributed by atoms with Crippen molar-refractivity contribution in [2.24, 2.45) is 0 Å². The van der Waals surface area contributed by atoms with Gasteiger partial charge in [-0.05, 0) is 37.6 Å². The van der Waals surface area contributed by atoms with E-state index in [1.807, 2.05) is 54.6 Å². The van der Waals surface area contributed by atoms with Gasteiger partial charge in [0.15, 0.2) is 0 Å². The number of halogens is 1. The van der Waals surface area contributed by atoms with E-state index in [-0.39, 0.29) is 11.6 Å². The monoisotopic (exact) mass is 528 g/mol. The normalized spacial score (nSPS) is 11.4. The van der Waals surface area contributed by atoms with E-state index in [0.29, 0.717) is 43.7 Å². The standard InChI is InChI=1S/C28H21ClN4O3S/c1-17-14-20(33(35)36)12-13-25(17)31-27(34)18(2)37-28-23(16-30)22(21-10-6-7-11-24(21)29)15-26(32-28)19-8-4-3-5-9-19/h3-15,18H,1-2H3,(H,31,34). The Balaban J connectivity index is 1.71. The van der Waals surface area contributed by atoms with Crippen molar-refractivity contribution >= 4 is 40.6 Å². The number of thioether (sulfide) groups is 1. The highest BCUT2D eigenvalue weighted by molar-refractivity contribution is 8.00. The molecule has 0 spiro atoms. The molecule has 0 radical (unpaired) electrons. The van der Waals surface area contributed by atoms with Gasteiger partial charge in [0.2, 0.25) is 5.91 Å². The Hall–Kier alpha value is -4.19. The molecule has 4 aromatic rings. The lowest BCUT2D eigenvalue weighted by atomic mass is 9.99. The van der Waals surface area contributed by atoms with Crippen molar-refractivity contribution in [3.8, 4) is 28.5 Å². The molecule has 0 aliphatic carbocycles. The number of hydrogen-bond donors (Lipinski definition) is 1. The molecule has 1 aromatic heterocycles. The largest absolute Gasteiger partial charge is 0.325 e. The average molecular weight is 529 g/mol. The molecule has 9 heteroatoms. The van der Waals surface area contributed by atoms with E-state index in [9.17, 15) is 20.2 Å². The Morgan fingerprint density at radius 2 is 1.78 bits per heavy atom. The van der Waals surface area contributed by atoms with Gasteiger partial charge >= 0.3 is 0 Å². The maximum Gasteiger partial charge on any atom is 0.269 e. The van der Waals surface area contributed by atoms with Gasteiger partial charge in [0.25, 0.3) is 5.69 Å². The van der Waals surface area contributed by atoms with Gasteiger partial charge in [-0.2, -0.15) is 5.26 Å². The molecule has 1 atom stereocenters. The Morgan fingerprint density at radius 1 is 1.08 bits per heavy atom. The molecule has 0 saturated carbocycles. The lowest BCUT2D eigenvalue weighted by molar-refractivity contribution is -0.384. The molecule has 184 valence electrons. The van der Waals surface area contributed by atoms with Crippen LogP contribution in [0.5, 0.6) is 0 Å². The van der Waals surface area contributed by atoms with Crippen molar-refractivity contribution in [3.63, 3.8) is 0 Å². The Labute approximate surface area is 223 Å². The van der Waals surface area contributed by atoms with E-state index in [2.05, 4.69) is 11.4 Å². The number of aromatic nitrogens is 1. The van der Waals surface area contributed by atoms with Crippen LogP contribution in [0.2, 0.25) is 5.02 Å². The number of aryl methyl sites for hydroxylation is 1. The second-order valence-electron chi connectivity index (χ2n) is 8.20. The van der Waals surface area contributed by atoms with Crippen LogP contribution in [0.15, 0.2) is 83.9 Å². The first kappa shape index (κ1) is 25.9. The van der Waals surface area contributed by atoms with Crippen molar-refractivity contribution < 1.29 is 9.72 Å². The average Bonchev–Trinajstić information content (AvgIpc) is 2.90. The number of amides is 1. The molecular formula is C28H21ClN4O3S. The molecule has 1 unspecified atom stereocenters. The number of hydrogen-bond acceptors (Lipinski definition) is 6. The van der Waals surface area contributed by atoms with E-state index < -0.39 is 10.2 Å². The summed E-state index contributed by atoms with van der Waals surface area (Å²) in [6, 6.07) is 25.2. The summed E-state index contributed by atoms with van der Waals surface area (Å²) in [4.78, 5) is 28.3. The number of carbonyl (C=O) groups excluding carboxylic acids is 1. The minimum absolute atomic E-state index is 0.0504. The second-order valence-corrected chi connectivity index (χ2v) is 9.94. The van der Waals surface area contributed by atoms with Crippen molar-refractivity contribution in [2.45, 2.75) is 24.1 Å². The highest BCUT2D eigenvalue weighted by Gasteiger charge is 2.23. The van der Waals surface area contributed by atoms with Crippen molar-refractivity contribution in [1.29, 1.82) is 5.26 Å². The molecule has 7 nitrogen and oxygen atoms in total. The van der Waals surface area contributed by atoms with Gasteiger partial charge < -0.3 is 5.32 Å². The molecule has 0 bridgehead atoms. The van der Waals surface area contributed by atoms with Crippen molar-refractivity contribution in [1.82, 2.24) is 4.98 Å². The molecule has 1 amide bonds. The molecule has 0 aliphatic rings. The fourth-order valence-corrected chi connectivity index (χ4v) is 4.88. The van der Waals surface area contributed by atoms with Crippen LogP contribution in [0.3, 0.4) is 0 Å². The summed E-state index contributed by atoms with van der Waals surface area (Å²) in [5.41, 5.74) is 4.16. The predicted molar refractivity (Wildman–Crippen MR) is 147 cm³/mol. The first-order valence-electron chi connectivity index (χ1n) is 11.3. The lowest BCUT2D eigenvalue weighted by Gasteiger charge is -2.17. The fourth-order valence-electron chi connectivity index (χ4n) is 3.72. The summed E-state index contributed by atoms with van der Waals surface area (Å²) in [6.45, 7) is 3.41. The Kier molecular flexibility index (Phi) is 7.87. The molecule has 1 heterocycles. The van der Waals surface area contributed by atoms with Crippen LogP contribution in [0.4, 0.5) is 11.4 Å². The number of nitrogens with zero attached hydrogens (tertiary/aromatic N) is 3. The molecular weight excluding hydrogens is 508 g/mol. The summed E-state index contributed by atoms with van der Waals surface area (Å²) >= 11 is 7.65. The van der Waals surface area contributed by atoms with Gasteiger partial charge in [-0.25, -0.2) is 4.98 Å². The Bertz CT molecular complexity index is 1540. The topological polar surface area (TPSA) is 109 Å². The van der Waals surface area contributed by atoms with E-state index in [1.54, 1.807) is 19.9 Å². The van der Waals surface area contributed by atoms with Gasteiger partial charge in [0, 0.05) is 39.5 Å². The summed E-state index contributed by atoms with van der Waals surface area (Å²) in [7, 11) is 0. The number of carbonyl (C=O) groups is 1.